The van der Waals surface area contributed by atoms with Crippen LogP contribution in [0.5, 0.6) is 17.2 Å². The number of benzene rings is 1. The first kappa shape index (κ1) is 16.1. The zero-order valence-electron chi connectivity index (χ0n) is 9.38. The summed E-state index contributed by atoms with van der Waals surface area (Å²) in [5, 5.41) is 0. The molecule has 6 heteroatoms. The molecule has 0 aliphatic heterocycles. The predicted octanol–water partition coefficient (Wildman–Crippen LogP) is -1.68. The third kappa shape index (κ3) is 3.34. The zero-order chi connectivity index (χ0) is 9.84. The summed E-state index contributed by atoms with van der Waals surface area (Å²) in [5.74, 6) is 2.02. The minimum absolute atomic E-state index is 0. The molecule has 4 N–H and O–H groups in total. The lowest BCUT2D eigenvalue weighted by Crippen LogP contribution is -2.05. The molecular formula is C9H17BO5. The van der Waals surface area contributed by atoms with Crippen molar-refractivity contribution in [2.45, 2.75) is 0 Å². The van der Waals surface area contributed by atoms with Crippen molar-refractivity contribution in [2.24, 2.45) is 0 Å². The van der Waals surface area contributed by atoms with Crippen LogP contribution < -0.4 is 19.7 Å². The van der Waals surface area contributed by atoms with E-state index < -0.39 is 0 Å². The van der Waals surface area contributed by atoms with Gasteiger partial charge in [0.25, 0.3) is 0 Å². The Labute approximate surface area is 90.0 Å². The lowest BCUT2D eigenvalue weighted by molar-refractivity contribution is 0.325. The van der Waals surface area contributed by atoms with Gasteiger partial charge in [-0.25, -0.2) is 0 Å². The van der Waals surface area contributed by atoms with Gasteiger partial charge in [-0.15, -0.1) is 0 Å². The van der Waals surface area contributed by atoms with Gasteiger partial charge in [0.2, 0.25) is 5.75 Å². The molecule has 0 amide bonds. The average Bonchev–Trinajstić information content (AvgIpc) is 2.16. The Morgan fingerprint density at radius 2 is 1.27 bits per heavy atom. The standard InChI is InChI=1S/C9H13BO3.2H2O/c1-11-7-4-6(10)5-8(12-2)9(7)13-3;;/h4-5H,10H2,1-3H3;2*1H2. The first-order valence-corrected chi connectivity index (χ1v) is 3.99. The van der Waals surface area contributed by atoms with Crippen LogP contribution in [0, 0.1) is 0 Å². The van der Waals surface area contributed by atoms with Gasteiger partial charge in [-0.2, -0.15) is 0 Å². The first-order chi connectivity index (χ1) is 6.22. The topological polar surface area (TPSA) is 90.7 Å². The van der Waals surface area contributed by atoms with E-state index in [1.807, 2.05) is 20.0 Å². The summed E-state index contributed by atoms with van der Waals surface area (Å²) in [7, 11) is 6.79. The molecule has 0 saturated carbocycles. The van der Waals surface area contributed by atoms with Crippen LogP contribution in [0.1, 0.15) is 0 Å². The van der Waals surface area contributed by atoms with Crippen molar-refractivity contribution in [1.82, 2.24) is 0 Å². The number of methoxy groups -OCH3 is 3. The van der Waals surface area contributed by atoms with Gasteiger partial charge in [0.15, 0.2) is 11.5 Å². The van der Waals surface area contributed by atoms with E-state index in [2.05, 4.69) is 0 Å². The highest BCUT2D eigenvalue weighted by Gasteiger charge is 2.10. The molecule has 0 unspecified atom stereocenters. The van der Waals surface area contributed by atoms with E-state index in [1.54, 1.807) is 21.3 Å². The Balaban J connectivity index is 0. The molecule has 0 saturated heterocycles. The molecule has 86 valence electrons. The maximum atomic E-state index is 5.16. The Bertz CT molecular complexity index is 278. The van der Waals surface area contributed by atoms with Crippen molar-refractivity contribution >= 4 is 13.3 Å². The molecule has 15 heavy (non-hydrogen) atoms. The van der Waals surface area contributed by atoms with Crippen LogP contribution >= 0.6 is 0 Å². The summed E-state index contributed by atoms with van der Waals surface area (Å²) in [6.07, 6.45) is 0. The molecule has 0 radical (unpaired) electrons. The van der Waals surface area contributed by atoms with Gasteiger partial charge in [0.1, 0.15) is 7.85 Å². The van der Waals surface area contributed by atoms with Crippen LogP contribution in [0.2, 0.25) is 0 Å². The van der Waals surface area contributed by atoms with Gasteiger partial charge in [-0.1, -0.05) is 5.46 Å². The van der Waals surface area contributed by atoms with Gasteiger partial charge in [0.05, 0.1) is 21.3 Å². The summed E-state index contributed by atoms with van der Waals surface area (Å²) in [4.78, 5) is 0. The molecule has 0 atom stereocenters. The molecule has 0 aromatic heterocycles. The van der Waals surface area contributed by atoms with E-state index in [4.69, 9.17) is 14.2 Å². The maximum absolute atomic E-state index is 5.16. The smallest absolute Gasteiger partial charge is 0.203 e. The molecule has 0 bridgehead atoms. The van der Waals surface area contributed by atoms with E-state index in [0.29, 0.717) is 17.2 Å². The van der Waals surface area contributed by atoms with Gasteiger partial charge in [0, 0.05) is 0 Å². The molecule has 0 aliphatic carbocycles. The van der Waals surface area contributed by atoms with E-state index in [1.165, 1.54) is 0 Å². The highest BCUT2D eigenvalue weighted by Crippen LogP contribution is 2.35. The van der Waals surface area contributed by atoms with Crippen molar-refractivity contribution in [3.05, 3.63) is 12.1 Å². The first-order valence-electron chi connectivity index (χ1n) is 3.99. The van der Waals surface area contributed by atoms with Crippen molar-refractivity contribution in [3.63, 3.8) is 0 Å². The highest BCUT2D eigenvalue weighted by atomic mass is 16.5. The Morgan fingerprint density at radius 1 is 0.867 bits per heavy atom. The number of hydrogen-bond acceptors (Lipinski definition) is 3. The summed E-state index contributed by atoms with van der Waals surface area (Å²) in [6, 6.07) is 3.81. The summed E-state index contributed by atoms with van der Waals surface area (Å²) in [5.41, 5.74) is 1.08. The molecule has 5 nitrogen and oxygen atoms in total. The third-order valence-electron chi connectivity index (χ3n) is 1.81. The minimum atomic E-state index is 0. The van der Waals surface area contributed by atoms with Crippen LogP contribution in [0.4, 0.5) is 0 Å². The van der Waals surface area contributed by atoms with Crippen LogP contribution in [-0.4, -0.2) is 40.1 Å². The van der Waals surface area contributed by atoms with Crippen LogP contribution in [0.15, 0.2) is 12.1 Å². The fourth-order valence-electron chi connectivity index (χ4n) is 1.21. The van der Waals surface area contributed by atoms with Gasteiger partial charge >= 0.3 is 0 Å². The Morgan fingerprint density at radius 3 is 1.53 bits per heavy atom. The SMILES string of the molecule is Bc1cc(OC)c(OC)c(OC)c1.O.O. The molecule has 0 spiro atoms. The fourth-order valence-corrected chi connectivity index (χ4v) is 1.21. The van der Waals surface area contributed by atoms with Crippen molar-refractivity contribution in [2.75, 3.05) is 21.3 Å². The zero-order valence-corrected chi connectivity index (χ0v) is 9.38. The molecular weight excluding hydrogens is 199 g/mol. The average molecular weight is 216 g/mol. The monoisotopic (exact) mass is 216 g/mol. The highest BCUT2D eigenvalue weighted by molar-refractivity contribution is 6.32. The van der Waals surface area contributed by atoms with E-state index in [0.717, 1.165) is 5.46 Å². The van der Waals surface area contributed by atoms with E-state index >= 15 is 0 Å². The fraction of sp³-hybridized carbons (Fsp3) is 0.333. The van der Waals surface area contributed by atoms with Crippen LogP contribution in [0.25, 0.3) is 0 Å². The quantitative estimate of drug-likeness (QED) is 0.565. The van der Waals surface area contributed by atoms with Gasteiger partial charge < -0.3 is 25.2 Å². The second-order valence-electron chi connectivity index (χ2n) is 2.70. The molecule has 1 aromatic carbocycles. The molecule has 1 rings (SSSR count). The van der Waals surface area contributed by atoms with Gasteiger partial charge in [-0.05, 0) is 12.1 Å². The molecule has 0 fully saturated rings. The summed E-state index contributed by atoms with van der Waals surface area (Å²) >= 11 is 0. The maximum Gasteiger partial charge on any atom is 0.203 e. The third-order valence-corrected chi connectivity index (χ3v) is 1.81. The van der Waals surface area contributed by atoms with Crippen LogP contribution in [-0.2, 0) is 0 Å². The second kappa shape index (κ2) is 6.97. The Hall–Kier alpha value is -1.40. The Kier molecular flexibility index (Phi) is 7.46. The molecule has 0 aliphatic rings. The predicted molar refractivity (Wildman–Crippen MR) is 61.5 cm³/mol. The van der Waals surface area contributed by atoms with Crippen molar-refractivity contribution in [3.8, 4) is 17.2 Å². The number of ether oxygens (including phenoxy) is 3. The summed E-state index contributed by atoms with van der Waals surface area (Å²) in [6.45, 7) is 0. The van der Waals surface area contributed by atoms with Crippen molar-refractivity contribution < 1.29 is 25.2 Å². The molecule has 1 aromatic rings. The minimum Gasteiger partial charge on any atom is -0.493 e. The number of hydrogen-bond donors (Lipinski definition) is 0. The normalized spacial score (nSPS) is 8.20. The molecule has 0 heterocycles. The lowest BCUT2D eigenvalue weighted by Gasteiger charge is -2.12. The second-order valence-corrected chi connectivity index (χ2v) is 2.70. The lowest BCUT2D eigenvalue weighted by atomic mass is 9.95. The van der Waals surface area contributed by atoms with Gasteiger partial charge in [-0.3, -0.25) is 0 Å². The van der Waals surface area contributed by atoms with Crippen LogP contribution in [0.3, 0.4) is 0 Å². The van der Waals surface area contributed by atoms with E-state index in [-0.39, 0.29) is 11.0 Å². The number of rotatable bonds is 3. The van der Waals surface area contributed by atoms with Crippen molar-refractivity contribution in [1.29, 1.82) is 0 Å². The largest absolute Gasteiger partial charge is 0.493 e. The van der Waals surface area contributed by atoms with E-state index in [9.17, 15) is 0 Å². The summed E-state index contributed by atoms with van der Waals surface area (Å²) < 4.78 is 15.5.